The third-order valence-corrected chi connectivity index (χ3v) is 29.3. The second-order valence-electron chi connectivity index (χ2n) is 54.5. The maximum absolute atomic E-state index is 12.9. The van der Waals surface area contributed by atoms with E-state index in [9.17, 15) is 24.2 Å². The monoisotopic (exact) mass is 1780 g/mol. The zero-order valence-corrected chi connectivity index (χ0v) is 90.2. The van der Waals surface area contributed by atoms with Crippen molar-refractivity contribution in [1.82, 2.24) is 26.2 Å². The van der Waals surface area contributed by atoms with Gasteiger partial charge in [-0.15, -0.1) is 0 Å². The Kier molecular flexibility index (Phi) is 49.6. The number of amides is 2. The van der Waals surface area contributed by atoms with Gasteiger partial charge in [0, 0.05) is 41.9 Å². The molecule has 2 aliphatic heterocycles. The number of alkyl carbamates (subject to hydrolysis) is 2. The molecule has 744 valence electrons. The Morgan fingerprint density at radius 2 is 0.811 bits per heavy atom. The molecule has 11 aliphatic rings. The molecule has 17 unspecified atom stereocenters. The van der Waals surface area contributed by atoms with Gasteiger partial charge in [-0.25, -0.2) is 14.0 Å². The summed E-state index contributed by atoms with van der Waals surface area (Å²) in [5, 5.41) is 31.9. The summed E-state index contributed by atoms with van der Waals surface area (Å²) >= 11 is 0. The molecule has 6 N–H and O–H groups in total. The molecule has 2 amide bonds. The summed E-state index contributed by atoms with van der Waals surface area (Å²) in [6.45, 7) is 77.6. The number of ether oxygens (including phenoxy) is 2. The summed E-state index contributed by atoms with van der Waals surface area (Å²) in [5.74, 6) is 11.1. The first-order valence-electron chi connectivity index (χ1n) is 53.4. The number of carbonyl (C=O) groups excluding carboxylic acids is 2. The van der Waals surface area contributed by atoms with Crippen LogP contribution in [0.1, 0.15) is 490 Å². The molecule has 12 heteroatoms. The largest absolute Gasteiger partial charge is 0.450 e. The number of aliphatic hydroxyl groups is 2. The molecule has 2 saturated heterocycles. The fourth-order valence-corrected chi connectivity index (χ4v) is 25.0. The summed E-state index contributed by atoms with van der Waals surface area (Å²) in [4.78, 5) is 25.8. The number of fused-ring (bicyclic) bond motifs is 4. The van der Waals surface area contributed by atoms with Crippen molar-refractivity contribution in [2.45, 2.75) is 538 Å². The average molecular weight is 1780 g/mol. The standard InChI is InChI=1S/C16H23F.C15H29NO2.C13H25NO2.2C13H25N.C12H25N.C12H22.C11H22O.C10H20O/c1-16(2,3)11-13-5-4-6-15(13)12-7-9-14(17)10-8-12;1-14(2,3)10-11-8-7-9-12(11)16-13(17)18-15(4,5)6;1-5-16-12(15)14-11-8-6-7-10(11)9-13(2,3)4;1-13(2,3)9-10-7-11-5-6-12(8-10)14(11)4;1-10(2)14-12-8-6-7-11(12)9-13(3,4)5;1-5-13-11-8-6-7-10(11)9-12(2,3)4;1-12(2,3)8-11-7-9-4-5-10(11)6-9;1-11(2,3)8-9-5-4-6-10(12)7-9;1-8(2)7-9-3-5-10(11)6-4-9/h7-10,13,15H,4-6,11H2,1-3H3;11-12H,7-10H2,1-6H3,(H,16,17);10-11H,5-9H2,1-4H3,(H,14,15);10-12H,5-9H2,1-4H3;11-12,14H,1,6-9H2,2-5H3;10-11,13H,5-9H2,1-4H3;9-11H,4-8H2,1-3H3;9-10,12H,4-8H2,1-3H3;8-11H,3-7H2,1-2H3. The van der Waals surface area contributed by atoms with Crippen LogP contribution in [0.15, 0.2) is 36.5 Å². The van der Waals surface area contributed by atoms with Crippen LogP contribution in [0.25, 0.3) is 0 Å². The van der Waals surface area contributed by atoms with Crippen molar-refractivity contribution in [2.24, 2.45) is 114 Å². The van der Waals surface area contributed by atoms with Crippen molar-refractivity contribution in [3.63, 3.8) is 0 Å². The van der Waals surface area contributed by atoms with E-state index < -0.39 is 5.60 Å². The van der Waals surface area contributed by atoms with Crippen molar-refractivity contribution in [2.75, 3.05) is 20.2 Å². The molecule has 127 heavy (non-hydrogen) atoms. The average Bonchev–Trinajstić information content (AvgIpc) is 1.68. The molecule has 0 radical (unpaired) electrons. The number of halogens is 1. The highest BCUT2D eigenvalue weighted by Crippen LogP contribution is 2.52. The Bertz CT molecular complexity index is 3120. The lowest BCUT2D eigenvalue weighted by atomic mass is 9.77. The quantitative estimate of drug-likeness (QED) is 0.0846. The van der Waals surface area contributed by atoms with E-state index in [0.717, 1.165) is 134 Å². The van der Waals surface area contributed by atoms with Gasteiger partial charge in [-0.1, -0.05) is 257 Å². The maximum atomic E-state index is 12.9. The van der Waals surface area contributed by atoms with Gasteiger partial charge in [0.05, 0.1) is 18.8 Å². The molecule has 9 aliphatic carbocycles. The second kappa shape index (κ2) is 54.1. The predicted octanol–water partition coefficient (Wildman–Crippen LogP) is 32.2. The molecule has 1 aromatic rings. The Balaban J connectivity index is 0.000000301. The van der Waals surface area contributed by atoms with Gasteiger partial charge in [-0.2, -0.15) is 0 Å². The second-order valence-corrected chi connectivity index (χ2v) is 54.5. The first-order valence-corrected chi connectivity index (χ1v) is 53.4. The smallest absolute Gasteiger partial charge is 0.407 e. The molecule has 11 nitrogen and oxygen atoms in total. The molecule has 17 atom stereocenters. The molecule has 9 saturated carbocycles. The van der Waals surface area contributed by atoms with Gasteiger partial charge in [-0.05, 0) is 392 Å². The van der Waals surface area contributed by atoms with E-state index >= 15 is 0 Å². The van der Waals surface area contributed by atoms with E-state index in [4.69, 9.17) is 9.47 Å². The Hall–Kier alpha value is -2.93. The van der Waals surface area contributed by atoms with E-state index in [2.05, 4.69) is 234 Å². The highest BCUT2D eigenvalue weighted by atomic mass is 19.1. The molecule has 1 aromatic carbocycles. The zero-order valence-electron chi connectivity index (χ0n) is 90.2. The van der Waals surface area contributed by atoms with Gasteiger partial charge < -0.3 is 45.9 Å². The van der Waals surface area contributed by atoms with Gasteiger partial charge in [0.25, 0.3) is 0 Å². The van der Waals surface area contributed by atoms with Crippen LogP contribution in [0.4, 0.5) is 14.0 Å². The van der Waals surface area contributed by atoms with Gasteiger partial charge in [0.2, 0.25) is 0 Å². The van der Waals surface area contributed by atoms with Crippen molar-refractivity contribution in [3.05, 3.63) is 47.9 Å². The first-order chi connectivity index (χ1) is 58.5. The molecule has 0 spiro atoms. The lowest BCUT2D eigenvalue weighted by Crippen LogP contribution is -2.41. The SMILES string of the molecule is C=C(C)NC1CCCC1CC(C)(C)C.CC(C)(C)CC1CC2CCC1C2.CC(C)(C)CC1CCCC(O)C1.CC(C)(C)CC1CCCC1NC(=O)OC(C)(C)C.CC(C)(C)CC1CCCC1c1ccc(F)cc1.CC(C)CC1CCC(O)CC1.CCNC1CCCC1CC(C)(C)C.CCOC(=O)NC1CCCC1CC(C)(C)C.CN1C2CCC1CC(CC(C)(C)C)C2. The minimum atomic E-state index is -0.414. The Morgan fingerprint density at radius 1 is 0.417 bits per heavy atom. The van der Waals surface area contributed by atoms with E-state index in [1.807, 2.05) is 39.8 Å². The summed E-state index contributed by atoms with van der Waals surface area (Å²) in [5.41, 5.74) is 5.58. The Labute approximate surface area is 788 Å². The van der Waals surface area contributed by atoms with Gasteiger partial charge in [0.15, 0.2) is 0 Å². The van der Waals surface area contributed by atoms with Crippen LogP contribution in [0.5, 0.6) is 0 Å². The lowest BCUT2D eigenvalue weighted by molar-refractivity contribution is 0.0485. The van der Waals surface area contributed by atoms with Crippen molar-refractivity contribution >= 4 is 12.2 Å². The zero-order chi connectivity index (χ0) is 95.9. The number of hydrogen-bond acceptors (Lipinski definition) is 9. The van der Waals surface area contributed by atoms with Crippen molar-refractivity contribution in [3.8, 4) is 0 Å². The number of benzene rings is 1. The van der Waals surface area contributed by atoms with Gasteiger partial charge in [-0.3, -0.25) is 0 Å². The lowest BCUT2D eigenvalue weighted by Gasteiger charge is -2.38. The molecular weight excluding hydrogens is 1570 g/mol. The molecule has 0 aromatic heterocycles. The predicted molar refractivity (Wildman–Crippen MR) is 546 cm³/mol. The Morgan fingerprint density at radius 3 is 1.20 bits per heavy atom. The number of allylic oxidation sites excluding steroid dienone is 1. The van der Waals surface area contributed by atoms with Crippen LogP contribution in [-0.2, 0) is 9.47 Å². The molecule has 12 rings (SSSR count). The summed E-state index contributed by atoms with van der Waals surface area (Å²) < 4.78 is 23.2. The number of nitrogens with one attached hydrogen (secondary N) is 4. The van der Waals surface area contributed by atoms with E-state index in [-0.39, 0.29) is 30.2 Å². The summed E-state index contributed by atoms with van der Waals surface area (Å²) in [6, 6.07) is 11.1. The first kappa shape index (κ1) is 116. The summed E-state index contributed by atoms with van der Waals surface area (Å²) in [6.07, 6.45) is 51.9. The van der Waals surface area contributed by atoms with Crippen molar-refractivity contribution in [1.29, 1.82) is 0 Å². The van der Waals surface area contributed by atoms with Crippen LogP contribution in [0, 0.1) is 120 Å². The number of piperidine rings is 1. The van der Waals surface area contributed by atoms with Crippen LogP contribution in [0.2, 0.25) is 0 Å². The third-order valence-electron chi connectivity index (χ3n) is 29.3. The number of rotatable bonds is 18. The number of aliphatic hydroxyl groups excluding tert-OH is 2. The minimum Gasteiger partial charge on any atom is -0.450 e. The van der Waals surface area contributed by atoms with Crippen LogP contribution in [0.3, 0.4) is 0 Å². The molecule has 4 bridgehead atoms. The van der Waals surface area contributed by atoms with Crippen molar-refractivity contribution < 1.29 is 33.7 Å². The molecule has 11 fully saturated rings. The normalized spacial score (nSPS) is 30.2. The van der Waals surface area contributed by atoms with Gasteiger partial charge in [0.1, 0.15) is 11.4 Å². The fraction of sp³-hybridized carbons (Fsp3) is 0.913. The highest BCUT2D eigenvalue weighted by molar-refractivity contribution is 5.68. The molecular formula is C115H216FN5O6. The number of carbonyl (C=O) groups is 2. The highest BCUT2D eigenvalue weighted by Gasteiger charge is 2.43. The van der Waals surface area contributed by atoms with E-state index in [1.54, 1.807) is 37.8 Å². The summed E-state index contributed by atoms with van der Waals surface area (Å²) in [7, 11) is 2.33. The van der Waals surface area contributed by atoms with E-state index in [1.165, 1.54) is 192 Å². The van der Waals surface area contributed by atoms with Gasteiger partial charge >= 0.3 is 12.2 Å². The van der Waals surface area contributed by atoms with E-state index in [0.29, 0.717) is 85.8 Å². The molecule has 2 heterocycles. The fourth-order valence-electron chi connectivity index (χ4n) is 25.0. The van der Waals surface area contributed by atoms with Crippen LogP contribution < -0.4 is 21.3 Å². The minimum absolute atomic E-state index is 0.00824. The van der Waals surface area contributed by atoms with Crippen LogP contribution in [-0.4, -0.2) is 102 Å². The number of nitrogens with zero attached hydrogens (tertiary/aromatic N) is 1. The topological polar surface area (TPSA) is 144 Å². The maximum Gasteiger partial charge on any atom is 0.407 e. The van der Waals surface area contributed by atoms with Crippen LogP contribution >= 0.6 is 0 Å². The number of hydrogen-bond donors (Lipinski definition) is 6. The third kappa shape index (κ3) is 52.1.